The van der Waals surface area contributed by atoms with Crippen LogP contribution in [0.4, 0.5) is 0 Å². The van der Waals surface area contributed by atoms with Crippen molar-refractivity contribution in [2.75, 3.05) is 6.54 Å². The Labute approximate surface area is 208 Å². The lowest BCUT2D eigenvalue weighted by Gasteiger charge is -2.34. The molecule has 0 heterocycles. The van der Waals surface area contributed by atoms with E-state index < -0.39 is 0 Å². The number of hydrogen-bond acceptors (Lipinski definition) is 2. The topological polar surface area (TPSA) is 24.1 Å². The van der Waals surface area contributed by atoms with Gasteiger partial charge in [0.25, 0.3) is 0 Å². The first-order valence-electron chi connectivity index (χ1n) is 13.5. The van der Waals surface area contributed by atoms with Crippen LogP contribution in [0.1, 0.15) is 119 Å². The van der Waals surface area contributed by atoms with Crippen LogP contribution >= 0.6 is 0 Å². The molecule has 0 aliphatic heterocycles. The zero-order valence-corrected chi connectivity index (χ0v) is 23.5. The van der Waals surface area contributed by atoms with E-state index in [0.717, 1.165) is 43.6 Å². The molecule has 0 aromatic rings. The van der Waals surface area contributed by atoms with Crippen LogP contribution in [0.15, 0.2) is 49.4 Å². The Morgan fingerprint density at radius 2 is 1.55 bits per heavy atom. The normalized spacial score (nSPS) is 13.8. The summed E-state index contributed by atoms with van der Waals surface area (Å²) in [5.41, 5.74) is 4.33. The number of hydrogen-bond donors (Lipinski definition) is 2. The van der Waals surface area contributed by atoms with E-state index in [9.17, 15) is 0 Å². The first-order valence-corrected chi connectivity index (χ1v) is 13.5. The van der Waals surface area contributed by atoms with E-state index in [1.807, 2.05) is 6.08 Å². The maximum Gasteiger partial charge on any atom is 0.0471 e. The van der Waals surface area contributed by atoms with Gasteiger partial charge in [-0.15, -0.1) is 6.58 Å². The molecule has 2 heteroatoms. The molecule has 2 N–H and O–H groups in total. The van der Waals surface area contributed by atoms with Gasteiger partial charge in [-0.05, 0) is 74.5 Å². The maximum absolute atomic E-state index is 4.34. The fourth-order valence-corrected chi connectivity index (χ4v) is 4.61. The van der Waals surface area contributed by atoms with Gasteiger partial charge in [0.2, 0.25) is 0 Å². The van der Waals surface area contributed by atoms with Crippen molar-refractivity contribution >= 4 is 0 Å². The van der Waals surface area contributed by atoms with E-state index in [-0.39, 0.29) is 6.04 Å². The van der Waals surface area contributed by atoms with E-state index in [1.165, 1.54) is 50.5 Å². The van der Waals surface area contributed by atoms with Crippen molar-refractivity contribution in [2.45, 2.75) is 125 Å². The molecule has 0 aliphatic rings. The molecule has 0 saturated carbocycles. The SMILES string of the molecule is C=CC(C)CCCCNC(=C)CCC(NC(=C)CCCC(C)(C)CC(C)(C)CC)C(=C)CC. The summed E-state index contributed by atoms with van der Waals surface area (Å²) in [6.45, 7) is 34.1. The number of unbranched alkanes of at least 4 members (excludes halogenated alkanes) is 1. The largest absolute Gasteiger partial charge is 0.389 e. The third kappa shape index (κ3) is 15.9. The first-order chi connectivity index (χ1) is 15.4. The number of allylic oxidation sites excluding steroid dienone is 3. The third-order valence-electron chi connectivity index (χ3n) is 7.17. The van der Waals surface area contributed by atoms with Gasteiger partial charge < -0.3 is 10.6 Å². The van der Waals surface area contributed by atoms with Crippen LogP contribution in [0.5, 0.6) is 0 Å². The molecule has 0 rings (SSSR count). The molecule has 0 aromatic carbocycles. The second-order valence-electron chi connectivity index (χ2n) is 11.8. The van der Waals surface area contributed by atoms with Crippen LogP contribution in [0.25, 0.3) is 0 Å². The van der Waals surface area contributed by atoms with E-state index in [4.69, 9.17) is 0 Å². The van der Waals surface area contributed by atoms with Crippen molar-refractivity contribution in [3.05, 3.63) is 49.4 Å². The molecular formula is C31H58N2. The van der Waals surface area contributed by atoms with Crippen LogP contribution < -0.4 is 10.6 Å². The third-order valence-corrected chi connectivity index (χ3v) is 7.17. The van der Waals surface area contributed by atoms with Gasteiger partial charge in [-0.2, -0.15) is 0 Å². The molecule has 0 fully saturated rings. The summed E-state index contributed by atoms with van der Waals surface area (Å²) in [7, 11) is 0. The van der Waals surface area contributed by atoms with Gasteiger partial charge in [-0.1, -0.05) is 92.7 Å². The first kappa shape index (κ1) is 31.6. The molecule has 2 atom stereocenters. The smallest absolute Gasteiger partial charge is 0.0471 e. The molecule has 2 unspecified atom stereocenters. The summed E-state index contributed by atoms with van der Waals surface area (Å²) in [5, 5.41) is 7.21. The minimum atomic E-state index is 0.279. The van der Waals surface area contributed by atoms with Crippen molar-refractivity contribution in [3.8, 4) is 0 Å². The lowest BCUT2D eigenvalue weighted by atomic mass is 9.71. The monoisotopic (exact) mass is 458 g/mol. The number of nitrogens with one attached hydrogen (secondary N) is 2. The second-order valence-corrected chi connectivity index (χ2v) is 11.8. The van der Waals surface area contributed by atoms with Gasteiger partial charge in [0.1, 0.15) is 0 Å². The van der Waals surface area contributed by atoms with Crippen molar-refractivity contribution in [1.82, 2.24) is 10.6 Å². The van der Waals surface area contributed by atoms with Gasteiger partial charge in [-0.3, -0.25) is 0 Å². The van der Waals surface area contributed by atoms with Gasteiger partial charge >= 0.3 is 0 Å². The van der Waals surface area contributed by atoms with Crippen molar-refractivity contribution in [3.63, 3.8) is 0 Å². The molecule has 0 bridgehead atoms. The van der Waals surface area contributed by atoms with Gasteiger partial charge in [0.15, 0.2) is 0 Å². The Hall–Kier alpha value is -1.44. The van der Waals surface area contributed by atoms with E-state index in [2.05, 4.69) is 85.4 Å². The summed E-state index contributed by atoms with van der Waals surface area (Å²) < 4.78 is 0. The Kier molecular flexibility index (Phi) is 15.5. The standard InChI is InChI=1S/C31H58N2/c1-12-25(4)18-15-16-23-32-27(6)20-21-29(26(5)13-2)33-28(7)19-17-22-31(10,11)24-30(8,9)14-3/h12,25,29,32-33H,1,5-7,13-24H2,2-4,8-11H3. The van der Waals surface area contributed by atoms with Crippen LogP contribution in [0, 0.1) is 16.7 Å². The van der Waals surface area contributed by atoms with Crippen LogP contribution in [-0.4, -0.2) is 12.6 Å². The highest BCUT2D eigenvalue weighted by atomic mass is 14.9. The highest BCUT2D eigenvalue weighted by Crippen LogP contribution is 2.39. The zero-order valence-electron chi connectivity index (χ0n) is 23.5. The predicted octanol–water partition coefficient (Wildman–Crippen LogP) is 9.32. The average Bonchev–Trinajstić information content (AvgIpc) is 2.74. The lowest BCUT2D eigenvalue weighted by Crippen LogP contribution is -2.30. The maximum atomic E-state index is 4.34. The Morgan fingerprint density at radius 1 is 0.879 bits per heavy atom. The second kappa shape index (κ2) is 16.2. The zero-order chi connectivity index (χ0) is 25.5. The molecule has 0 aliphatic carbocycles. The quantitative estimate of drug-likeness (QED) is 0.132. The van der Waals surface area contributed by atoms with E-state index in [1.54, 1.807) is 0 Å². The summed E-state index contributed by atoms with van der Waals surface area (Å²) in [6.07, 6.45) is 14.6. The van der Waals surface area contributed by atoms with Crippen LogP contribution in [0.2, 0.25) is 0 Å². The van der Waals surface area contributed by atoms with Crippen molar-refractivity contribution in [2.24, 2.45) is 16.7 Å². The predicted molar refractivity (Wildman–Crippen MR) is 151 cm³/mol. The number of rotatable bonds is 21. The average molecular weight is 459 g/mol. The van der Waals surface area contributed by atoms with Crippen LogP contribution in [-0.2, 0) is 0 Å². The minimum Gasteiger partial charge on any atom is -0.389 e. The summed E-state index contributed by atoms with van der Waals surface area (Å²) in [5.74, 6) is 0.613. The molecule has 0 radical (unpaired) electrons. The summed E-state index contributed by atoms with van der Waals surface area (Å²) in [4.78, 5) is 0. The summed E-state index contributed by atoms with van der Waals surface area (Å²) in [6, 6.07) is 0.279. The van der Waals surface area contributed by atoms with E-state index >= 15 is 0 Å². The highest BCUT2D eigenvalue weighted by Gasteiger charge is 2.27. The van der Waals surface area contributed by atoms with Crippen LogP contribution in [0.3, 0.4) is 0 Å². The molecule has 0 amide bonds. The summed E-state index contributed by atoms with van der Waals surface area (Å²) >= 11 is 0. The lowest BCUT2D eigenvalue weighted by molar-refractivity contribution is 0.174. The molecule has 2 nitrogen and oxygen atoms in total. The highest BCUT2D eigenvalue weighted by molar-refractivity contribution is 5.11. The molecule has 0 saturated heterocycles. The van der Waals surface area contributed by atoms with Gasteiger partial charge in [0.05, 0.1) is 0 Å². The molecule has 0 aromatic heterocycles. The molecule has 33 heavy (non-hydrogen) atoms. The van der Waals surface area contributed by atoms with E-state index in [0.29, 0.717) is 16.7 Å². The molecular weight excluding hydrogens is 400 g/mol. The van der Waals surface area contributed by atoms with Gasteiger partial charge in [-0.25, -0.2) is 0 Å². The van der Waals surface area contributed by atoms with Gasteiger partial charge in [0, 0.05) is 24.0 Å². The fraction of sp³-hybridized carbons (Fsp3) is 0.742. The Morgan fingerprint density at radius 3 is 2.12 bits per heavy atom. The molecule has 0 spiro atoms. The molecule has 192 valence electrons. The minimum absolute atomic E-state index is 0.279. The van der Waals surface area contributed by atoms with Crippen molar-refractivity contribution < 1.29 is 0 Å². The van der Waals surface area contributed by atoms with Crippen molar-refractivity contribution in [1.29, 1.82) is 0 Å². The fourth-order valence-electron chi connectivity index (χ4n) is 4.61. The Bertz CT molecular complexity index is 596. The Balaban J connectivity index is 4.40.